The molecule has 0 bridgehead atoms. The molecule has 0 aromatic heterocycles. The van der Waals surface area contributed by atoms with Crippen LogP contribution >= 0.6 is 7.05 Å². The van der Waals surface area contributed by atoms with Crippen molar-refractivity contribution >= 4 is 23.4 Å². The largest absolute Gasteiger partial charge is 0.218 e. The number of rotatable bonds is 3. The molecule has 0 radical (unpaired) electrons. The zero-order valence-corrected chi connectivity index (χ0v) is 16.4. The fourth-order valence-corrected chi connectivity index (χ4v) is 8.95. The molecule has 26 heavy (non-hydrogen) atoms. The summed E-state index contributed by atoms with van der Waals surface area (Å²) in [5.74, 6) is 0. The molecule has 0 atom stereocenters. The number of nitrogens with zero attached hydrogens (tertiary/aromatic N) is 1. The van der Waals surface area contributed by atoms with Gasteiger partial charge in [0.25, 0.3) is 0 Å². The van der Waals surface area contributed by atoms with Crippen LogP contribution in [0.5, 0.6) is 0 Å². The van der Waals surface area contributed by atoms with Gasteiger partial charge in [0.15, 0.2) is 7.05 Å². The molecule has 0 fully saturated rings. The van der Waals surface area contributed by atoms with Crippen molar-refractivity contribution in [2.75, 3.05) is 7.05 Å². The molecular formula is C24H31NP+. The molecule has 0 aliphatic rings. The first-order valence-electron chi connectivity index (χ1n) is 8.77. The van der Waals surface area contributed by atoms with Crippen LogP contribution in [-0.4, -0.2) is 16.5 Å². The maximum atomic E-state index is 2.54. The van der Waals surface area contributed by atoms with Gasteiger partial charge in [0, 0.05) is 27.9 Å². The average molecular weight is 364 g/mol. The molecular weight excluding hydrogens is 333 g/mol. The molecule has 0 saturated heterocycles. The second-order valence-electron chi connectivity index (χ2n) is 7.34. The SMILES string of the molecule is C.C[N+](c1ccccc1)=P(c1ccccc1)(c1ccccc1)C(C)(C)C. The van der Waals surface area contributed by atoms with Crippen LogP contribution in [0.2, 0.25) is 0 Å². The Hall–Kier alpha value is -2.11. The molecule has 0 aliphatic carbocycles. The van der Waals surface area contributed by atoms with Crippen LogP contribution in [0.4, 0.5) is 5.69 Å². The third-order valence-corrected chi connectivity index (χ3v) is 9.97. The van der Waals surface area contributed by atoms with Crippen LogP contribution < -0.4 is 10.6 Å². The van der Waals surface area contributed by atoms with Gasteiger partial charge in [0.1, 0.15) is 7.05 Å². The summed E-state index contributed by atoms with van der Waals surface area (Å²) in [6, 6.07) is 32.8. The number of hydrogen-bond donors (Lipinski definition) is 0. The van der Waals surface area contributed by atoms with Crippen LogP contribution in [-0.2, 0) is 0 Å². The van der Waals surface area contributed by atoms with Crippen LogP contribution in [0.15, 0.2) is 91.0 Å². The van der Waals surface area contributed by atoms with Gasteiger partial charge in [-0.15, -0.1) is 0 Å². The smallest absolute Gasteiger partial charge is 0.200 e. The Labute approximate surface area is 159 Å². The lowest BCUT2D eigenvalue weighted by molar-refractivity contribution is -0.383. The summed E-state index contributed by atoms with van der Waals surface area (Å²) in [6.45, 7) is 7.13. The highest BCUT2D eigenvalue weighted by molar-refractivity contribution is 7.80. The van der Waals surface area contributed by atoms with Crippen LogP contribution in [0, 0.1) is 0 Å². The minimum absolute atomic E-state index is 0. The van der Waals surface area contributed by atoms with E-state index < -0.39 is 7.05 Å². The lowest BCUT2D eigenvalue weighted by Gasteiger charge is -2.35. The third kappa shape index (κ3) is 3.41. The molecule has 1 nitrogen and oxygen atoms in total. The van der Waals surface area contributed by atoms with E-state index in [4.69, 9.17) is 0 Å². The van der Waals surface area contributed by atoms with Crippen molar-refractivity contribution in [1.29, 1.82) is 0 Å². The van der Waals surface area contributed by atoms with Crippen molar-refractivity contribution in [2.45, 2.75) is 33.4 Å². The molecule has 0 N–H and O–H groups in total. The van der Waals surface area contributed by atoms with Crippen LogP contribution in [0.3, 0.4) is 0 Å². The maximum absolute atomic E-state index is 2.54. The highest BCUT2D eigenvalue weighted by atomic mass is 31.2. The molecule has 0 heterocycles. The Balaban J connectivity index is 0.00000243. The Morgan fingerprint density at radius 3 is 1.31 bits per heavy atom. The summed E-state index contributed by atoms with van der Waals surface area (Å²) in [5.41, 5.74) is 1.26. The molecule has 0 aliphatic heterocycles. The Morgan fingerprint density at radius 1 is 0.615 bits per heavy atom. The molecule has 0 spiro atoms. The summed E-state index contributed by atoms with van der Waals surface area (Å²) in [4.78, 5) is 0. The molecule has 0 saturated carbocycles. The van der Waals surface area contributed by atoms with E-state index in [1.807, 2.05) is 0 Å². The van der Waals surface area contributed by atoms with Crippen LogP contribution in [0.25, 0.3) is 0 Å². The second kappa shape index (κ2) is 8.06. The standard InChI is InChI=1S/C23H27NP.CH4/c1-23(2,3)25(21-16-10-6-11-17-21,22-18-12-7-13-19-22)24(4)20-14-8-5-9-15-20;/h5-19H,1-4H3;1H4/q+1;. The van der Waals surface area contributed by atoms with Crippen LogP contribution in [0.1, 0.15) is 28.2 Å². The zero-order valence-electron chi connectivity index (χ0n) is 15.6. The summed E-state index contributed by atoms with van der Waals surface area (Å²) < 4.78 is 2.54. The van der Waals surface area contributed by atoms with Gasteiger partial charge in [-0.05, 0) is 24.3 Å². The maximum Gasteiger partial charge on any atom is 0.200 e. The number of benzene rings is 3. The van der Waals surface area contributed by atoms with Gasteiger partial charge in [0.2, 0.25) is 5.69 Å². The van der Waals surface area contributed by atoms with E-state index in [1.165, 1.54) is 16.3 Å². The molecule has 3 rings (SSSR count). The first kappa shape index (κ1) is 20.2. The number of hydrogen-bond acceptors (Lipinski definition) is 0. The molecule has 3 aromatic rings. The first-order valence-corrected chi connectivity index (χ1v) is 10.5. The first-order chi connectivity index (χ1) is 12.0. The molecule has 136 valence electrons. The van der Waals surface area contributed by atoms with Crippen molar-refractivity contribution in [3.8, 4) is 0 Å². The summed E-state index contributed by atoms with van der Waals surface area (Å²) in [6.07, 6.45) is 0. The fraction of sp³-hybridized carbons (Fsp3) is 0.250. The summed E-state index contributed by atoms with van der Waals surface area (Å²) in [7, 11) is 0.394. The van der Waals surface area contributed by atoms with Crippen molar-refractivity contribution in [1.82, 2.24) is 0 Å². The van der Waals surface area contributed by atoms with E-state index in [0.29, 0.717) is 0 Å². The normalized spacial score (nSPS) is 11.5. The summed E-state index contributed by atoms with van der Waals surface area (Å²) >= 11 is 0. The van der Waals surface area contributed by atoms with Gasteiger partial charge in [-0.25, -0.2) is 4.33 Å². The Morgan fingerprint density at radius 2 is 0.962 bits per heavy atom. The fourth-order valence-electron chi connectivity index (χ4n) is 3.82. The highest BCUT2D eigenvalue weighted by Crippen LogP contribution is 2.59. The predicted octanol–water partition coefficient (Wildman–Crippen LogP) is 6.25. The number of para-hydroxylation sites is 1. The highest BCUT2D eigenvalue weighted by Gasteiger charge is 2.45. The minimum Gasteiger partial charge on any atom is -0.218 e. The molecule has 0 unspecified atom stereocenters. The Bertz CT molecular complexity index is 832. The van der Waals surface area contributed by atoms with Gasteiger partial charge in [0.05, 0.1) is 0 Å². The molecule has 3 aromatic carbocycles. The molecule has 2 heteroatoms. The van der Waals surface area contributed by atoms with Crippen molar-refractivity contribution < 1.29 is 4.33 Å². The van der Waals surface area contributed by atoms with E-state index in [2.05, 4.69) is 123 Å². The average Bonchev–Trinajstić information content (AvgIpc) is 2.63. The second-order valence-corrected chi connectivity index (χ2v) is 11.6. The third-order valence-electron chi connectivity index (χ3n) is 4.81. The van der Waals surface area contributed by atoms with E-state index >= 15 is 0 Å². The summed E-state index contributed by atoms with van der Waals surface area (Å²) in [5, 5.41) is 2.92. The van der Waals surface area contributed by atoms with Gasteiger partial charge >= 0.3 is 0 Å². The Kier molecular flexibility index (Phi) is 6.26. The monoisotopic (exact) mass is 364 g/mol. The van der Waals surface area contributed by atoms with Gasteiger partial charge in [-0.3, -0.25) is 0 Å². The van der Waals surface area contributed by atoms with E-state index in [-0.39, 0.29) is 12.6 Å². The topological polar surface area (TPSA) is 3.01 Å². The van der Waals surface area contributed by atoms with Gasteiger partial charge in [-0.1, -0.05) is 82.8 Å². The molecule has 0 amide bonds. The van der Waals surface area contributed by atoms with E-state index in [1.54, 1.807) is 0 Å². The van der Waals surface area contributed by atoms with Crippen molar-refractivity contribution in [3.05, 3.63) is 91.0 Å². The zero-order chi connectivity index (χ0) is 17.9. The lowest BCUT2D eigenvalue weighted by atomic mass is 10.2. The van der Waals surface area contributed by atoms with Gasteiger partial charge < -0.3 is 0 Å². The predicted molar refractivity (Wildman–Crippen MR) is 118 cm³/mol. The quantitative estimate of drug-likeness (QED) is 0.483. The van der Waals surface area contributed by atoms with E-state index in [9.17, 15) is 0 Å². The minimum atomic E-state index is -1.86. The van der Waals surface area contributed by atoms with E-state index in [0.717, 1.165) is 0 Å². The van der Waals surface area contributed by atoms with Crippen molar-refractivity contribution in [3.63, 3.8) is 0 Å². The lowest BCUT2D eigenvalue weighted by Crippen LogP contribution is -2.35. The van der Waals surface area contributed by atoms with Crippen molar-refractivity contribution in [2.24, 2.45) is 0 Å². The van der Waals surface area contributed by atoms with Gasteiger partial charge in [-0.2, -0.15) is 0 Å².